The van der Waals surface area contributed by atoms with E-state index in [2.05, 4.69) is 10.3 Å². The summed E-state index contributed by atoms with van der Waals surface area (Å²) >= 11 is 0. The van der Waals surface area contributed by atoms with E-state index in [9.17, 15) is 9.18 Å². The highest BCUT2D eigenvalue weighted by Crippen LogP contribution is 2.29. The number of aromatic nitrogens is 2. The Balaban J connectivity index is 1.69. The van der Waals surface area contributed by atoms with Crippen molar-refractivity contribution in [2.45, 2.75) is 0 Å². The van der Waals surface area contributed by atoms with Crippen molar-refractivity contribution in [1.82, 2.24) is 9.38 Å². The van der Waals surface area contributed by atoms with Crippen LogP contribution in [0.1, 0.15) is 5.56 Å². The highest BCUT2D eigenvalue weighted by molar-refractivity contribution is 6.03. The Hall–Kier alpha value is -3.73. The number of hydrogen-bond donors (Lipinski definition) is 1. The first-order valence-electron chi connectivity index (χ1n) is 8.48. The summed E-state index contributed by atoms with van der Waals surface area (Å²) in [6.07, 6.45) is 5.05. The van der Waals surface area contributed by atoms with E-state index >= 15 is 0 Å². The van der Waals surface area contributed by atoms with Gasteiger partial charge in [-0.3, -0.25) is 9.20 Å². The maximum Gasteiger partial charge on any atom is 0.249 e. The van der Waals surface area contributed by atoms with E-state index < -0.39 is 0 Å². The van der Waals surface area contributed by atoms with Crippen molar-refractivity contribution in [3.8, 4) is 11.3 Å². The van der Waals surface area contributed by atoms with Crippen LogP contribution in [0.4, 0.5) is 10.2 Å². The number of nitrogens with one attached hydrogen (secondary N) is 1. The molecule has 1 amide bonds. The summed E-state index contributed by atoms with van der Waals surface area (Å²) in [5.74, 6) is -0.0494. The van der Waals surface area contributed by atoms with Crippen molar-refractivity contribution < 1.29 is 9.18 Å². The highest BCUT2D eigenvalue weighted by Gasteiger charge is 2.15. The number of pyridine rings is 1. The third kappa shape index (κ3) is 3.62. The van der Waals surface area contributed by atoms with Gasteiger partial charge in [-0.15, -0.1) is 0 Å². The van der Waals surface area contributed by atoms with Gasteiger partial charge < -0.3 is 5.32 Å². The topological polar surface area (TPSA) is 46.4 Å². The summed E-state index contributed by atoms with van der Waals surface area (Å²) < 4.78 is 15.1. The monoisotopic (exact) mass is 357 g/mol. The fourth-order valence-electron chi connectivity index (χ4n) is 2.82. The van der Waals surface area contributed by atoms with E-state index in [1.165, 1.54) is 18.2 Å². The van der Waals surface area contributed by atoms with E-state index in [1.807, 2.05) is 54.7 Å². The standard InChI is InChI=1S/C22H16FN3O/c23-18-12-10-17(11-13-18)21-22(26-15-5-4-8-19(26)24-21)25-20(27)14-9-16-6-2-1-3-7-16/h1-15H,(H,25,27). The predicted octanol–water partition coefficient (Wildman–Crippen LogP) is 4.79. The minimum absolute atomic E-state index is 0.270. The van der Waals surface area contributed by atoms with E-state index in [0.29, 0.717) is 17.2 Å². The van der Waals surface area contributed by atoms with Crippen LogP contribution in [0.25, 0.3) is 23.0 Å². The lowest BCUT2D eigenvalue weighted by Crippen LogP contribution is -2.10. The van der Waals surface area contributed by atoms with E-state index in [0.717, 1.165) is 11.1 Å². The molecule has 0 saturated heterocycles. The molecule has 0 fully saturated rings. The number of carbonyl (C=O) groups excluding carboxylic acids is 1. The number of halogens is 1. The SMILES string of the molecule is O=C(C=Cc1ccccc1)Nc1c(-c2ccc(F)cc2)nc2ccccn12. The molecule has 4 aromatic rings. The van der Waals surface area contributed by atoms with Gasteiger partial charge in [-0.05, 0) is 48.0 Å². The molecule has 2 aromatic carbocycles. The largest absolute Gasteiger partial charge is 0.306 e. The second-order valence-corrected chi connectivity index (χ2v) is 5.98. The van der Waals surface area contributed by atoms with Gasteiger partial charge in [0.05, 0.1) is 0 Å². The number of fused-ring (bicyclic) bond motifs is 1. The summed E-state index contributed by atoms with van der Waals surface area (Å²) in [5.41, 5.74) is 2.94. The maximum absolute atomic E-state index is 13.3. The molecule has 0 aliphatic carbocycles. The van der Waals surface area contributed by atoms with Crippen molar-refractivity contribution >= 4 is 23.4 Å². The van der Waals surface area contributed by atoms with Gasteiger partial charge in [0.1, 0.15) is 23.0 Å². The van der Waals surface area contributed by atoms with E-state index in [-0.39, 0.29) is 11.7 Å². The number of rotatable bonds is 4. The van der Waals surface area contributed by atoms with E-state index in [1.54, 1.807) is 22.6 Å². The second kappa shape index (κ2) is 7.25. The molecule has 2 heterocycles. The molecular weight excluding hydrogens is 341 g/mol. The summed E-state index contributed by atoms with van der Waals surface area (Å²) in [6.45, 7) is 0. The molecule has 4 nitrogen and oxygen atoms in total. The molecule has 0 radical (unpaired) electrons. The van der Waals surface area contributed by atoms with Crippen molar-refractivity contribution in [1.29, 1.82) is 0 Å². The van der Waals surface area contributed by atoms with Gasteiger partial charge in [-0.2, -0.15) is 0 Å². The normalized spacial score (nSPS) is 11.1. The molecular formula is C22H16FN3O. The van der Waals surface area contributed by atoms with Gasteiger partial charge in [-0.1, -0.05) is 36.4 Å². The number of imidazole rings is 1. The van der Waals surface area contributed by atoms with Crippen LogP contribution in [0, 0.1) is 5.82 Å². The fraction of sp³-hybridized carbons (Fsp3) is 0. The summed E-state index contributed by atoms with van der Waals surface area (Å²) in [7, 11) is 0. The van der Waals surface area contributed by atoms with Crippen LogP contribution >= 0.6 is 0 Å². The number of nitrogens with zero attached hydrogens (tertiary/aromatic N) is 2. The summed E-state index contributed by atoms with van der Waals surface area (Å²) in [6, 6.07) is 21.2. The molecule has 5 heteroatoms. The number of anilines is 1. The lowest BCUT2D eigenvalue weighted by Gasteiger charge is -2.06. The van der Waals surface area contributed by atoms with Gasteiger partial charge in [0, 0.05) is 17.8 Å². The Labute approximate surface area is 155 Å². The first-order chi connectivity index (χ1) is 13.2. The molecule has 0 aliphatic heterocycles. The first-order valence-corrected chi connectivity index (χ1v) is 8.48. The third-order valence-electron chi connectivity index (χ3n) is 4.12. The first kappa shape index (κ1) is 16.7. The van der Waals surface area contributed by atoms with Gasteiger partial charge in [-0.25, -0.2) is 9.37 Å². The van der Waals surface area contributed by atoms with Gasteiger partial charge in [0.2, 0.25) is 5.91 Å². The molecule has 1 N–H and O–H groups in total. The predicted molar refractivity (Wildman–Crippen MR) is 105 cm³/mol. The fourth-order valence-corrected chi connectivity index (χ4v) is 2.82. The zero-order valence-corrected chi connectivity index (χ0v) is 14.3. The molecule has 0 spiro atoms. The number of carbonyl (C=O) groups is 1. The zero-order chi connectivity index (χ0) is 18.6. The van der Waals surface area contributed by atoms with Crippen molar-refractivity contribution in [2.24, 2.45) is 0 Å². The van der Waals surface area contributed by atoms with Crippen LogP contribution in [0.15, 0.2) is 85.1 Å². The molecule has 2 aromatic heterocycles. The summed E-state index contributed by atoms with van der Waals surface area (Å²) in [5, 5.41) is 2.90. The van der Waals surface area contributed by atoms with Crippen LogP contribution in [-0.2, 0) is 4.79 Å². The van der Waals surface area contributed by atoms with Crippen molar-refractivity contribution in [3.05, 3.63) is 96.4 Å². The van der Waals surface area contributed by atoms with Crippen LogP contribution in [-0.4, -0.2) is 15.3 Å². The Morgan fingerprint density at radius 3 is 2.48 bits per heavy atom. The minimum Gasteiger partial charge on any atom is -0.306 e. The quantitative estimate of drug-likeness (QED) is 0.534. The average Bonchev–Trinajstić information content (AvgIpc) is 3.06. The molecule has 27 heavy (non-hydrogen) atoms. The molecule has 0 unspecified atom stereocenters. The smallest absolute Gasteiger partial charge is 0.249 e. The molecule has 0 saturated carbocycles. The summed E-state index contributed by atoms with van der Waals surface area (Å²) in [4.78, 5) is 17.1. The number of hydrogen-bond acceptors (Lipinski definition) is 2. The van der Waals surface area contributed by atoms with Crippen molar-refractivity contribution in [2.75, 3.05) is 5.32 Å². The Morgan fingerprint density at radius 1 is 0.963 bits per heavy atom. The maximum atomic E-state index is 13.3. The van der Waals surface area contributed by atoms with Crippen LogP contribution < -0.4 is 5.32 Å². The second-order valence-electron chi connectivity index (χ2n) is 5.98. The number of benzene rings is 2. The Kier molecular flexibility index (Phi) is 4.49. The van der Waals surface area contributed by atoms with E-state index in [4.69, 9.17) is 0 Å². The van der Waals surface area contributed by atoms with Crippen molar-refractivity contribution in [3.63, 3.8) is 0 Å². The highest BCUT2D eigenvalue weighted by atomic mass is 19.1. The molecule has 132 valence electrons. The Morgan fingerprint density at radius 2 is 1.70 bits per heavy atom. The van der Waals surface area contributed by atoms with Gasteiger partial charge >= 0.3 is 0 Å². The van der Waals surface area contributed by atoms with Gasteiger partial charge in [0.25, 0.3) is 0 Å². The molecule has 0 atom stereocenters. The lowest BCUT2D eigenvalue weighted by atomic mass is 10.1. The molecule has 0 bridgehead atoms. The van der Waals surface area contributed by atoms with Crippen LogP contribution in [0.2, 0.25) is 0 Å². The zero-order valence-electron chi connectivity index (χ0n) is 14.3. The third-order valence-corrected chi connectivity index (χ3v) is 4.12. The lowest BCUT2D eigenvalue weighted by molar-refractivity contribution is -0.111. The average molecular weight is 357 g/mol. The molecule has 0 aliphatic rings. The van der Waals surface area contributed by atoms with Gasteiger partial charge in [0.15, 0.2) is 0 Å². The molecule has 4 rings (SSSR count). The van der Waals surface area contributed by atoms with Crippen LogP contribution in [0.5, 0.6) is 0 Å². The van der Waals surface area contributed by atoms with Crippen LogP contribution in [0.3, 0.4) is 0 Å². The Bertz CT molecular complexity index is 1120. The minimum atomic E-state index is -0.320. The number of amides is 1.